The number of alkyl halides is 3. The van der Waals surface area contributed by atoms with E-state index in [9.17, 15) is 18.0 Å². The lowest BCUT2D eigenvalue weighted by atomic mass is 10.0. The van der Waals surface area contributed by atoms with Crippen molar-refractivity contribution in [1.82, 2.24) is 20.1 Å². The summed E-state index contributed by atoms with van der Waals surface area (Å²) in [6.45, 7) is 0.408. The second-order valence-electron chi connectivity index (χ2n) is 7.49. The average Bonchev–Trinajstić information content (AvgIpc) is 3.19. The van der Waals surface area contributed by atoms with E-state index in [0.717, 1.165) is 23.4 Å². The molecule has 0 aliphatic heterocycles. The molecule has 0 aliphatic rings. The van der Waals surface area contributed by atoms with Crippen molar-refractivity contribution in [2.45, 2.75) is 12.6 Å². The molecule has 170 valence electrons. The number of nitrogens with zero attached hydrogens (tertiary/aromatic N) is 3. The summed E-state index contributed by atoms with van der Waals surface area (Å²) in [7, 11) is 3.29. The molecule has 0 bridgehead atoms. The van der Waals surface area contributed by atoms with E-state index in [1.165, 1.54) is 16.8 Å². The van der Waals surface area contributed by atoms with E-state index in [1.807, 2.05) is 24.3 Å². The van der Waals surface area contributed by atoms with Crippen molar-refractivity contribution in [2.24, 2.45) is 7.05 Å². The Hall–Kier alpha value is -3.88. The third-order valence-corrected chi connectivity index (χ3v) is 5.32. The predicted molar refractivity (Wildman–Crippen MR) is 118 cm³/mol. The molecule has 1 N–H and O–H groups in total. The van der Waals surface area contributed by atoms with Crippen LogP contribution in [-0.4, -0.2) is 34.3 Å². The normalized spacial score (nSPS) is 11.5. The topological polar surface area (TPSA) is 69.0 Å². The van der Waals surface area contributed by atoms with Crippen molar-refractivity contribution in [3.8, 4) is 17.0 Å². The zero-order valence-electron chi connectivity index (χ0n) is 18.0. The molecule has 0 fully saturated rings. The van der Waals surface area contributed by atoms with E-state index >= 15 is 0 Å². The summed E-state index contributed by atoms with van der Waals surface area (Å²) in [5.41, 5.74) is 1.98. The highest BCUT2D eigenvalue weighted by Gasteiger charge is 2.30. The Morgan fingerprint density at radius 2 is 1.79 bits per heavy atom. The number of benzene rings is 2. The standard InChI is InChI=1S/C24H21F3N4O2/c1-31-22-20(14-29-31)19(23(32)28-12-11-15-3-9-18(33-2)10-4-15)13-21(30-22)16-5-7-17(8-6-16)24(25,26)27/h3-10,13-14H,11-12H2,1-2H3,(H,28,32). The van der Waals surface area contributed by atoms with Gasteiger partial charge in [-0.3, -0.25) is 9.48 Å². The lowest BCUT2D eigenvalue weighted by molar-refractivity contribution is -0.137. The number of aromatic nitrogens is 3. The van der Waals surface area contributed by atoms with Crippen LogP contribution in [-0.2, 0) is 19.6 Å². The highest BCUT2D eigenvalue weighted by atomic mass is 19.4. The lowest BCUT2D eigenvalue weighted by Gasteiger charge is -2.10. The SMILES string of the molecule is COc1ccc(CCNC(=O)c2cc(-c3ccc(C(F)(F)F)cc3)nc3c2cnn3C)cc1. The van der Waals surface area contributed by atoms with Crippen molar-refractivity contribution in [3.63, 3.8) is 0 Å². The summed E-state index contributed by atoms with van der Waals surface area (Å²) in [4.78, 5) is 17.5. The van der Waals surface area contributed by atoms with Crippen LogP contribution in [0, 0.1) is 0 Å². The number of aryl methyl sites for hydroxylation is 1. The molecule has 2 heterocycles. The first-order valence-corrected chi connectivity index (χ1v) is 10.2. The van der Waals surface area contributed by atoms with Crippen LogP contribution in [0.3, 0.4) is 0 Å². The zero-order valence-corrected chi connectivity index (χ0v) is 18.0. The van der Waals surface area contributed by atoms with Crippen molar-refractivity contribution >= 4 is 16.9 Å². The molecule has 0 aliphatic carbocycles. The van der Waals surface area contributed by atoms with Gasteiger partial charge in [0.25, 0.3) is 5.91 Å². The Bertz CT molecular complexity index is 1280. The van der Waals surface area contributed by atoms with Gasteiger partial charge in [-0.15, -0.1) is 0 Å². The van der Waals surface area contributed by atoms with E-state index in [2.05, 4.69) is 15.4 Å². The number of fused-ring (bicyclic) bond motifs is 1. The number of carbonyl (C=O) groups is 1. The number of hydrogen-bond acceptors (Lipinski definition) is 4. The first kappa shape index (κ1) is 22.3. The zero-order chi connectivity index (χ0) is 23.6. The highest BCUT2D eigenvalue weighted by molar-refractivity contribution is 6.06. The van der Waals surface area contributed by atoms with Gasteiger partial charge in [0.1, 0.15) is 5.75 Å². The fourth-order valence-corrected chi connectivity index (χ4v) is 3.49. The number of amides is 1. The van der Waals surface area contributed by atoms with Gasteiger partial charge in [-0.1, -0.05) is 24.3 Å². The van der Waals surface area contributed by atoms with E-state index in [4.69, 9.17) is 4.74 Å². The number of methoxy groups -OCH3 is 1. The quantitative estimate of drug-likeness (QED) is 0.461. The molecule has 9 heteroatoms. The summed E-state index contributed by atoms with van der Waals surface area (Å²) < 4.78 is 45.4. The van der Waals surface area contributed by atoms with Gasteiger partial charge >= 0.3 is 6.18 Å². The van der Waals surface area contributed by atoms with Crippen LogP contribution in [0.4, 0.5) is 13.2 Å². The number of nitrogens with one attached hydrogen (secondary N) is 1. The van der Waals surface area contributed by atoms with Gasteiger partial charge in [0.15, 0.2) is 5.65 Å². The first-order valence-electron chi connectivity index (χ1n) is 10.2. The Balaban J connectivity index is 1.58. The second-order valence-corrected chi connectivity index (χ2v) is 7.49. The monoisotopic (exact) mass is 454 g/mol. The molecule has 0 spiro atoms. The van der Waals surface area contributed by atoms with Crippen molar-refractivity contribution < 1.29 is 22.7 Å². The number of carbonyl (C=O) groups excluding carboxylic acids is 1. The van der Waals surface area contributed by atoms with Crippen LogP contribution >= 0.6 is 0 Å². The number of halogens is 3. The molecule has 2 aromatic heterocycles. The molecule has 6 nitrogen and oxygen atoms in total. The van der Waals surface area contributed by atoms with Crippen molar-refractivity contribution in [2.75, 3.05) is 13.7 Å². The molecule has 0 saturated carbocycles. The van der Waals surface area contributed by atoms with Crippen LogP contribution in [0.1, 0.15) is 21.5 Å². The summed E-state index contributed by atoms with van der Waals surface area (Å²) in [5, 5.41) is 7.64. The summed E-state index contributed by atoms with van der Waals surface area (Å²) in [6, 6.07) is 13.8. The summed E-state index contributed by atoms with van der Waals surface area (Å²) in [6.07, 6.45) is -2.24. The molecule has 1 amide bonds. The molecule has 4 rings (SSSR count). The maximum Gasteiger partial charge on any atom is 0.416 e. The minimum atomic E-state index is -4.42. The van der Waals surface area contributed by atoms with Crippen molar-refractivity contribution in [3.05, 3.63) is 77.5 Å². The predicted octanol–water partition coefficient (Wildman–Crippen LogP) is 4.64. The van der Waals surface area contributed by atoms with Crippen molar-refractivity contribution in [1.29, 1.82) is 0 Å². The largest absolute Gasteiger partial charge is 0.497 e. The van der Waals surface area contributed by atoms with E-state index in [0.29, 0.717) is 40.8 Å². The van der Waals surface area contributed by atoms with Gasteiger partial charge in [0.05, 0.1) is 35.5 Å². The van der Waals surface area contributed by atoms with Gasteiger partial charge < -0.3 is 10.1 Å². The number of rotatable bonds is 6. The maximum absolute atomic E-state index is 13.0. The average molecular weight is 454 g/mol. The van der Waals surface area contributed by atoms with Gasteiger partial charge in [-0.25, -0.2) is 4.98 Å². The molecule has 0 unspecified atom stereocenters. The van der Waals surface area contributed by atoms with Gasteiger partial charge in [0, 0.05) is 19.2 Å². The number of pyridine rings is 1. The Morgan fingerprint density at radius 3 is 2.42 bits per heavy atom. The van der Waals surface area contributed by atoms with Crippen LogP contribution in [0.5, 0.6) is 5.75 Å². The van der Waals surface area contributed by atoms with Crippen LogP contribution in [0.25, 0.3) is 22.3 Å². The molecule has 0 atom stereocenters. The highest BCUT2D eigenvalue weighted by Crippen LogP contribution is 2.31. The van der Waals surface area contributed by atoms with Crippen LogP contribution in [0.2, 0.25) is 0 Å². The first-order chi connectivity index (χ1) is 15.8. The fourth-order valence-electron chi connectivity index (χ4n) is 3.49. The summed E-state index contributed by atoms with van der Waals surface area (Å²) in [5.74, 6) is 0.450. The smallest absolute Gasteiger partial charge is 0.416 e. The molecule has 2 aromatic carbocycles. The Morgan fingerprint density at radius 1 is 1.09 bits per heavy atom. The Labute approximate surface area is 188 Å². The minimum absolute atomic E-state index is 0.308. The third-order valence-electron chi connectivity index (χ3n) is 5.32. The van der Waals surface area contributed by atoms with Crippen LogP contribution < -0.4 is 10.1 Å². The van der Waals surface area contributed by atoms with E-state index in [-0.39, 0.29) is 5.91 Å². The fraction of sp³-hybridized carbons (Fsp3) is 0.208. The van der Waals surface area contributed by atoms with E-state index in [1.54, 1.807) is 26.4 Å². The number of hydrogen-bond donors (Lipinski definition) is 1. The van der Waals surface area contributed by atoms with Gasteiger partial charge in [0.2, 0.25) is 0 Å². The van der Waals surface area contributed by atoms with E-state index < -0.39 is 11.7 Å². The number of ether oxygens (including phenoxy) is 1. The third kappa shape index (κ3) is 4.82. The molecule has 4 aromatic rings. The maximum atomic E-state index is 13.0. The van der Waals surface area contributed by atoms with Gasteiger partial charge in [-0.05, 0) is 42.3 Å². The minimum Gasteiger partial charge on any atom is -0.497 e. The molecule has 33 heavy (non-hydrogen) atoms. The Kier molecular flexibility index (Phi) is 6.04. The summed E-state index contributed by atoms with van der Waals surface area (Å²) >= 11 is 0. The second kappa shape index (κ2) is 8.93. The molecular weight excluding hydrogens is 433 g/mol. The molecule has 0 radical (unpaired) electrons. The van der Waals surface area contributed by atoms with Crippen LogP contribution in [0.15, 0.2) is 60.8 Å². The molecule has 0 saturated heterocycles. The van der Waals surface area contributed by atoms with Gasteiger partial charge in [-0.2, -0.15) is 18.3 Å². The molecular formula is C24H21F3N4O2. The lowest BCUT2D eigenvalue weighted by Crippen LogP contribution is -2.26.